The molecular formula is C23H19N3O4. The van der Waals surface area contributed by atoms with Crippen LogP contribution < -0.4 is 9.47 Å². The zero-order chi connectivity index (χ0) is 20.7. The lowest BCUT2D eigenvalue weighted by molar-refractivity contribution is -0.385. The molecule has 2 aliphatic rings. The number of rotatable bonds is 4. The van der Waals surface area contributed by atoms with Crippen LogP contribution in [0, 0.1) is 10.1 Å². The lowest BCUT2D eigenvalue weighted by Gasteiger charge is -2.38. The number of hydrazone groups is 1. The second-order valence-corrected chi connectivity index (χ2v) is 7.24. The number of nitro groups is 1. The molecule has 0 amide bonds. The van der Waals surface area contributed by atoms with E-state index in [9.17, 15) is 10.1 Å². The van der Waals surface area contributed by atoms with E-state index < -0.39 is 11.2 Å². The normalized spacial score (nSPS) is 19.4. The Bertz CT molecular complexity index is 1150. The van der Waals surface area contributed by atoms with E-state index >= 15 is 0 Å². The average Bonchev–Trinajstić information content (AvgIpc) is 3.24. The van der Waals surface area contributed by atoms with Gasteiger partial charge < -0.3 is 9.47 Å². The number of hydrogen-bond donors (Lipinski definition) is 0. The third-order valence-corrected chi connectivity index (χ3v) is 5.47. The van der Waals surface area contributed by atoms with Crippen molar-refractivity contribution in [3.63, 3.8) is 0 Å². The first kappa shape index (κ1) is 18.2. The van der Waals surface area contributed by atoms with Crippen LogP contribution in [0.5, 0.6) is 11.5 Å². The van der Waals surface area contributed by atoms with E-state index in [-0.39, 0.29) is 11.7 Å². The quantitative estimate of drug-likeness (QED) is 0.462. The molecule has 0 spiro atoms. The molecule has 0 radical (unpaired) electrons. The van der Waals surface area contributed by atoms with Crippen molar-refractivity contribution in [3.05, 3.63) is 99.6 Å². The van der Waals surface area contributed by atoms with Crippen molar-refractivity contribution in [2.24, 2.45) is 5.10 Å². The molecule has 0 unspecified atom stereocenters. The zero-order valence-electron chi connectivity index (χ0n) is 16.3. The lowest BCUT2D eigenvalue weighted by Crippen LogP contribution is -2.33. The standard InChI is InChI=1S/C23H19N3O4/c1-29-18-10-11-22-19(13-18)21-14-20(15-6-3-2-4-7-15)24-25(21)23(30-22)16-8-5-9-17(12-16)26(27)28/h2-13,21,23H,14H2,1H3/t21-,23+/m0/s1. The summed E-state index contributed by atoms with van der Waals surface area (Å²) in [5.74, 6) is 1.48. The smallest absolute Gasteiger partial charge is 0.269 e. The Balaban J connectivity index is 1.61. The van der Waals surface area contributed by atoms with Crippen molar-refractivity contribution in [1.29, 1.82) is 0 Å². The van der Waals surface area contributed by atoms with Crippen LogP contribution >= 0.6 is 0 Å². The summed E-state index contributed by atoms with van der Waals surface area (Å²) in [6.45, 7) is 0. The van der Waals surface area contributed by atoms with E-state index in [4.69, 9.17) is 14.6 Å². The molecule has 3 aromatic rings. The Morgan fingerprint density at radius 1 is 1.10 bits per heavy atom. The van der Waals surface area contributed by atoms with Gasteiger partial charge in [0.25, 0.3) is 5.69 Å². The fourth-order valence-electron chi connectivity index (χ4n) is 4.01. The van der Waals surface area contributed by atoms with E-state index in [1.54, 1.807) is 19.2 Å². The minimum atomic E-state index is -0.558. The Kier molecular flexibility index (Phi) is 4.35. The van der Waals surface area contributed by atoms with Crippen molar-refractivity contribution in [2.45, 2.75) is 18.7 Å². The van der Waals surface area contributed by atoms with Crippen LogP contribution in [0.1, 0.15) is 35.4 Å². The van der Waals surface area contributed by atoms with Crippen molar-refractivity contribution >= 4 is 11.4 Å². The Labute approximate surface area is 173 Å². The van der Waals surface area contributed by atoms with Gasteiger partial charge in [0.2, 0.25) is 6.23 Å². The summed E-state index contributed by atoms with van der Waals surface area (Å²) in [7, 11) is 1.63. The van der Waals surface area contributed by atoms with Gasteiger partial charge in [-0.05, 0) is 23.8 Å². The highest BCUT2D eigenvalue weighted by molar-refractivity contribution is 6.01. The largest absolute Gasteiger partial charge is 0.497 e. The van der Waals surface area contributed by atoms with Gasteiger partial charge in [-0.25, -0.2) is 5.01 Å². The van der Waals surface area contributed by atoms with Crippen LogP contribution in [0.15, 0.2) is 77.9 Å². The molecule has 0 saturated carbocycles. The highest BCUT2D eigenvalue weighted by Crippen LogP contribution is 2.48. The number of fused-ring (bicyclic) bond motifs is 3. The molecule has 3 aromatic carbocycles. The summed E-state index contributed by atoms with van der Waals surface area (Å²) in [5.41, 5.74) is 3.71. The van der Waals surface area contributed by atoms with Crippen LogP contribution in [0.4, 0.5) is 5.69 Å². The predicted octanol–water partition coefficient (Wildman–Crippen LogP) is 4.85. The maximum Gasteiger partial charge on any atom is 0.269 e. The van der Waals surface area contributed by atoms with Crippen LogP contribution in [-0.2, 0) is 0 Å². The highest BCUT2D eigenvalue weighted by atomic mass is 16.6. The number of nitro benzene ring substituents is 1. The molecule has 2 heterocycles. The van der Waals surface area contributed by atoms with Crippen molar-refractivity contribution in [2.75, 3.05) is 7.11 Å². The summed E-state index contributed by atoms with van der Waals surface area (Å²) in [4.78, 5) is 10.9. The van der Waals surface area contributed by atoms with Crippen molar-refractivity contribution in [3.8, 4) is 11.5 Å². The molecule has 0 aliphatic carbocycles. The van der Waals surface area contributed by atoms with E-state index in [0.29, 0.717) is 12.0 Å². The minimum absolute atomic E-state index is 0.0274. The van der Waals surface area contributed by atoms with Gasteiger partial charge in [0.15, 0.2) is 0 Å². The van der Waals surface area contributed by atoms with Gasteiger partial charge in [-0.1, -0.05) is 42.5 Å². The first-order valence-electron chi connectivity index (χ1n) is 9.64. The highest BCUT2D eigenvalue weighted by Gasteiger charge is 2.41. The van der Waals surface area contributed by atoms with Crippen LogP contribution in [0.25, 0.3) is 0 Å². The van der Waals surface area contributed by atoms with Crippen molar-refractivity contribution in [1.82, 2.24) is 5.01 Å². The van der Waals surface area contributed by atoms with Gasteiger partial charge in [-0.2, -0.15) is 5.10 Å². The molecule has 2 aliphatic heterocycles. The second-order valence-electron chi connectivity index (χ2n) is 7.24. The molecule has 5 rings (SSSR count). The van der Waals surface area contributed by atoms with Crippen molar-refractivity contribution < 1.29 is 14.4 Å². The molecule has 7 nitrogen and oxygen atoms in total. The van der Waals surface area contributed by atoms with Crippen LogP contribution in [0.2, 0.25) is 0 Å². The summed E-state index contributed by atoms with van der Waals surface area (Å²) in [5, 5.41) is 18.1. The van der Waals surface area contributed by atoms with E-state index in [0.717, 1.165) is 28.3 Å². The van der Waals surface area contributed by atoms with Gasteiger partial charge in [-0.3, -0.25) is 10.1 Å². The maximum atomic E-state index is 11.3. The topological polar surface area (TPSA) is 77.2 Å². The summed E-state index contributed by atoms with van der Waals surface area (Å²) in [6.07, 6.45) is 0.149. The average molecular weight is 401 g/mol. The molecule has 0 bridgehead atoms. The van der Waals surface area contributed by atoms with E-state index in [2.05, 4.69) is 0 Å². The monoisotopic (exact) mass is 401 g/mol. The third kappa shape index (κ3) is 3.04. The van der Waals surface area contributed by atoms with Gasteiger partial charge in [0.1, 0.15) is 11.5 Å². The maximum absolute atomic E-state index is 11.3. The van der Waals surface area contributed by atoms with Gasteiger partial charge >= 0.3 is 0 Å². The van der Waals surface area contributed by atoms with Gasteiger partial charge in [0.05, 0.1) is 23.8 Å². The summed E-state index contributed by atoms with van der Waals surface area (Å²) < 4.78 is 11.7. The summed E-state index contributed by atoms with van der Waals surface area (Å²) >= 11 is 0. The molecule has 0 aromatic heterocycles. The van der Waals surface area contributed by atoms with Gasteiger partial charge in [-0.15, -0.1) is 0 Å². The second kappa shape index (κ2) is 7.18. The number of benzene rings is 3. The predicted molar refractivity (Wildman–Crippen MR) is 112 cm³/mol. The summed E-state index contributed by atoms with van der Waals surface area (Å²) in [6, 6.07) is 22.2. The zero-order valence-corrected chi connectivity index (χ0v) is 16.3. The number of methoxy groups -OCH3 is 1. The van der Waals surface area contributed by atoms with Crippen LogP contribution in [-0.4, -0.2) is 22.8 Å². The van der Waals surface area contributed by atoms with Crippen LogP contribution in [0.3, 0.4) is 0 Å². The Morgan fingerprint density at radius 2 is 1.93 bits per heavy atom. The minimum Gasteiger partial charge on any atom is -0.497 e. The molecule has 0 saturated heterocycles. The number of ether oxygens (including phenoxy) is 2. The molecule has 0 N–H and O–H groups in total. The molecular weight excluding hydrogens is 382 g/mol. The molecule has 30 heavy (non-hydrogen) atoms. The SMILES string of the molecule is COc1ccc2c(c1)[C@@H]1CC(c3ccccc3)=NN1[C@@H](c1cccc([N+](=O)[O-])c1)O2. The third-order valence-electron chi connectivity index (χ3n) is 5.47. The first-order valence-corrected chi connectivity index (χ1v) is 9.64. The van der Waals surface area contributed by atoms with E-state index in [1.807, 2.05) is 59.6 Å². The Hall–Kier alpha value is -3.87. The molecule has 7 heteroatoms. The molecule has 2 atom stereocenters. The number of non-ortho nitro benzene ring substituents is 1. The number of hydrogen-bond acceptors (Lipinski definition) is 6. The fraction of sp³-hybridized carbons (Fsp3) is 0.174. The molecule has 150 valence electrons. The van der Waals surface area contributed by atoms with E-state index in [1.165, 1.54) is 6.07 Å². The Morgan fingerprint density at radius 3 is 2.70 bits per heavy atom. The number of nitrogens with zero attached hydrogens (tertiary/aromatic N) is 3. The lowest BCUT2D eigenvalue weighted by atomic mass is 9.95. The first-order chi connectivity index (χ1) is 14.6. The fourth-order valence-corrected chi connectivity index (χ4v) is 4.01. The van der Waals surface area contributed by atoms with Gasteiger partial charge in [0, 0.05) is 29.7 Å². The molecule has 0 fully saturated rings.